The molecule has 0 atom stereocenters. The average Bonchev–Trinajstić information content (AvgIpc) is 2.90. The first-order valence-corrected chi connectivity index (χ1v) is 8.15. The van der Waals surface area contributed by atoms with Crippen LogP contribution in [0.25, 0.3) is 0 Å². The summed E-state index contributed by atoms with van der Waals surface area (Å²) < 4.78 is 11.8. The van der Waals surface area contributed by atoms with Gasteiger partial charge < -0.3 is 14.8 Å². The van der Waals surface area contributed by atoms with Gasteiger partial charge in [-0.1, -0.05) is 0 Å². The van der Waals surface area contributed by atoms with Crippen LogP contribution in [0.4, 0.5) is 0 Å². The minimum atomic E-state index is -0.145. The molecule has 0 fully saturated rings. The Hall–Kier alpha value is -1.53. The number of nitrogens with one attached hydrogen (secondary N) is 1. The van der Waals surface area contributed by atoms with E-state index < -0.39 is 0 Å². The molecule has 1 aromatic heterocycles. The fourth-order valence-corrected chi connectivity index (χ4v) is 3.05. The Balaban J connectivity index is 1.73. The minimum absolute atomic E-state index is 0.000522. The van der Waals surface area contributed by atoms with Crippen molar-refractivity contribution in [1.29, 1.82) is 0 Å². The summed E-state index contributed by atoms with van der Waals surface area (Å²) >= 11 is 4.99. The zero-order chi connectivity index (χ0) is 15.1. The first kappa shape index (κ1) is 15.9. The summed E-state index contributed by atoms with van der Waals surface area (Å²) in [7, 11) is 0. The summed E-state index contributed by atoms with van der Waals surface area (Å²) in [4.78, 5) is 12.8. The lowest BCUT2D eigenvalue weighted by atomic mass is 10.3. The van der Waals surface area contributed by atoms with E-state index >= 15 is 0 Å². The molecule has 21 heavy (non-hydrogen) atoms. The molecule has 0 saturated heterocycles. The number of benzene rings is 1. The van der Waals surface area contributed by atoms with E-state index in [-0.39, 0.29) is 12.5 Å². The van der Waals surface area contributed by atoms with Crippen molar-refractivity contribution < 1.29 is 14.3 Å². The van der Waals surface area contributed by atoms with E-state index in [1.165, 1.54) is 0 Å². The van der Waals surface area contributed by atoms with Crippen LogP contribution >= 0.6 is 27.3 Å². The van der Waals surface area contributed by atoms with E-state index in [1.54, 1.807) is 23.5 Å². The second-order valence-electron chi connectivity index (χ2n) is 4.18. The molecule has 0 aliphatic rings. The summed E-state index contributed by atoms with van der Waals surface area (Å²) in [5, 5.41) is 2.82. The lowest BCUT2D eigenvalue weighted by Gasteiger charge is -2.08. The SMILES string of the molecule is CCOc1ccc(OCC(=O)NCc2ccc(Br)s2)cc1. The van der Waals surface area contributed by atoms with Gasteiger partial charge in [0.25, 0.3) is 5.91 Å². The molecular formula is C15H16BrNO3S. The minimum Gasteiger partial charge on any atom is -0.494 e. The monoisotopic (exact) mass is 369 g/mol. The molecule has 0 spiro atoms. The number of hydrogen-bond donors (Lipinski definition) is 1. The van der Waals surface area contributed by atoms with Gasteiger partial charge in [-0.2, -0.15) is 0 Å². The number of ether oxygens (including phenoxy) is 2. The molecule has 1 N–H and O–H groups in total. The predicted molar refractivity (Wildman–Crippen MR) is 87.0 cm³/mol. The maximum Gasteiger partial charge on any atom is 0.258 e. The van der Waals surface area contributed by atoms with Gasteiger partial charge in [0, 0.05) is 4.88 Å². The van der Waals surface area contributed by atoms with E-state index in [0.717, 1.165) is 14.4 Å². The molecule has 2 aromatic rings. The molecule has 4 nitrogen and oxygen atoms in total. The molecule has 0 aliphatic carbocycles. The highest BCUT2D eigenvalue weighted by Gasteiger charge is 2.04. The lowest BCUT2D eigenvalue weighted by Crippen LogP contribution is -2.28. The second kappa shape index (κ2) is 8.05. The van der Waals surface area contributed by atoms with Crippen LogP contribution in [0.3, 0.4) is 0 Å². The molecule has 1 aromatic carbocycles. The molecule has 0 unspecified atom stereocenters. The van der Waals surface area contributed by atoms with Crippen LogP contribution in [0.15, 0.2) is 40.2 Å². The number of thiophene rings is 1. The van der Waals surface area contributed by atoms with Gasteiger partial charge in [0.15, 0.2) is 6.61 Å². The van der Waals surface area contributed by atoms with E-state index in [9.17, 15) is 4.79 Å². The summed E-state index contributed by atoms with van der Waals surface area (Å²) in [6.45, 7) is 3.07. The maximum atomic E-state index is 11.7. The highest BCUT2D eigenvalue weighted by molar-refractivity contribution is 9.11. The molecule has 6 heteroatoms. The largest absolute Gasteiger partial charge is 0.494 e. The molecule has 0 aliphatic heterocycles. The van der Waals surface area contributed by atoms with E-state index in [4.69, 9.17) is 9.47 Å². The van der Waals surface area contributed by atoms with Crippen molar-refractivity contribution in [2.75, 3.05) is 13.2 Å². The third-order valence-corrected chi connectivity index (χ3v) is 4.22. The van der Waals surface area contributed by atoms with Gasteiger partial charge in [0.1, 0.15) is 11.5 Å². The average molecular weight is 370 g/mol. The fraction of sp³-hybridized carbons (Fsp3) is 0.267. The number of carbonyl (C=O) groups excluding carboxylic acids is 1. The van der Waals surface area contributed by atoms with Crippen molar-refractivity contribution in [2.45, 2.75) is 13.5 Å². The highest BCUT2D eigenvalue weighted by atomic mass is 79.9. The van der Waals surface area contributed by atoms with Crippen LogP contribution in [0.1, 0.15) is 11.8 Å². The van der Waals surface area contributed by atoms with Crippen molar-refractivity contribution in [3.63, 3.8) is 0 Å². The number of halogens is 1. The molecule has 0 saturated carbocycles. The molecule has 1 heterocycles. The standard InChI is InChI=1S/C15H16BrNO3S/c1-2-19-11-3-5-12(6-4-11)20-10-15(18)17-9-13-7-8-14(16)21-13/h3-8H,2,9-10H2,1H3,(H,17,18). The molecule has 1 amide bonds. The summed E-state index contributed by atoms with van der Waals surface area (Å²) in [6, 6.07) is 11.1. The van der Waals surface area contributed by atoms with Crippen molar-refractivity contribution in [3.8, 4) is 11.5 Å². The number of carbonyl (C=O) groups is 1. The van der Waals surface area contributed by atoms with Crippen LogP contribution in [0.5, 0.6) is 11.5 Å². The van der Waals surface area contributed by atoms with Crippen molar-refractivity contribution >= 4 is 33.2 Å². The van der Waals surface area contributed by atoms with Gasteiger partial charge in [-0.3, -0.25) is 4.79 Å². The number of rotatable bonds is 7. The number of hydrogen-bond acceptors (Lipinski definition) is 4. The van der Waals surface area contributed by atoms with Crippen LogP contribution in [-0.4, -0.2) is 19.1 Å². The van der Waals surface area contributed by atoms with Gasteiger partial charge in [-0.05, 0) is 59.3 Å². The third-order valence-electron chi connectivity index (χ3n) is 2.59. The summed E-state index contributed by atoms with van der Waals surface area (Å²) in [5.41, 5.74) is 0. The first-order chi connectivity index (χ1) is 10.2. The van der Waals surface area contributed by atoms with Crippen LogP contribution in [-0.2, 0) is 11.3 Å². The lowest BCUT2D eigenvalue weighted by molar-refractivity contribution is -0.123. The Kier molecular flexibility index (Phi) is 6.07. The predicted octanol–water partition coefficient (Wildman–Crippen LogP) is 3.60. The second-order valence-corrected chi connectivity index (χ2v) is 6.72. The van der Waals surface area contributed by atoms with Crippen LogP contribution in [0, 0.1) is 0 Å². The van der Waals surface area contributed by atoms with Gasteiger partial charge in [0.05, 0.1) is 16.9 Å². The number of amides is 1. The third kappa shape index (κ3) is 5.40. The molecular weight excluding hydrogens is 354 g/mol. The molecule has 0 bridgehead atoms. The quantitative estimate of drug-likeness (QED) is 0.810. The van der Waals surface area contributed by atoms with Crippen molar-refractivity contribution in [3.05, 3.63) is 45.1 Å². The van der Waals surface area contributed by atoms with E-state index in [2.05, 4.69) is 21.2 Å². The summed E-state index contributed by atoms with van der Waals surface area (Å²) in [6.07, 6.45) is 0. The van der Waals surface area contributed by atoms with Gasteiger partial charge in [-0.15, -0.1) is 11.3 Å². The molecule has 0 radical (unpaired) electrons. The van der Waals surface area contributed by atoms with Gasteiger partial charge >= 0.3 is 0 Å². The maximum absolute atomic E-state index is 11.7. The van der Waals surface area contributed by atoms with Crippen molar-refractivity contribution in [1.82, 2.24) is 5.32 Å². The van der Waals surface area contributed by atoms with E-state index in [1.807, 2.05) is 31.2 Å². The van der Waals surface area contributed by atoms with Gasteiger partial charge in [-0.25, -0.2) is 0 Å². The Morgan fingerprint density at radius 1 is 1.14 bits per heavy atom. The fourth-order valence-electron chi connectivity index (χ4n) is 1.63. The normalized spacial score (nSPS) is 10.2. The topological polar surface area (TPSA) is 47.6 Å². The zero-order valence-electron chi connectivity index (χ0n) is 11.6. The molecule has 2 rings (SSSR count). The van der Waals surface area contributed by atoms with Crippen LogP contribution < -0.4 is 14.8 Å². The Morgan fingerprint density at radius 3 is 2.38 bits per heavy atom. The Morgan fingerprint density at radius 2 is 1.81 bits per heavy atom. The molecule has 112 valence electrons. The van der Waals surface area contributed by atoms with Crippen molar-refractivity contribution in [2.24, 2.45) is 0 Å². The van der Waals surface area contributed by atoms with Crippen LogP contribution in [0.2, 0.25) is 0 Å². The highest BCUT2D eigenvalue weighted by Crippen LogP contribution is 2.21. The first-order valence-electron chi connectivity index (χ1n) is 6.54. The zero-order valence-corrected chi connectivity index (χ0v) is 14.0. The smallest absolute Gasteiger partial charge is 0.258 e. The Bertz CT molecular complexity index is 583. The van der Waals surface area contributed by atoms with E-state index in [0.29, 0.717) is 18.9 Å². The van der Waals surface area contributed by atoms with Gasteiger partial charge in [0.2, 0.25) is 0 Å². The Labute approximate surface area is 136 Å². The summed E-state index contributed by atoms with van der Waals surface area (Å²) in [5.74, 6) is 1.29.